The van der Waals surface area contributed by atoms with E-state index in [1.807, 2.05) is 23.1 Å². The van der Waals surface area contributed by atoms with Gasteiger partial charge in [0.1, 0.15) is 5.84 Å². The first-order chi connectivity index (χ1) is 14.6. The predicted molar refractivity (Wildman–Crippen MR) is 118 cm³/mol. The van der Waals surface area contributed by atoms with E-state index < -0.39 is 0 Å². The molecule has 30 heavy (non-hydrogen) atoms. The maximum atomic E-state index is 12.1. The van der Waals surface area contributed by atoms with Crippen molar-refractivity contribution >= 4 is 17.4 Å². The van der Waals surface area contributed by atoms with Crippen molar-refractivity contribution in [2.75, 3.05) is 24.5 Å². The summed E-state index contributed by atoms with van der Waals surface area (Å²) in [4.78, 5) is 16.0. The molecule has 0 spiro atoms. The van der Waals surface area contributed by atoms with Crippen LogP contribution in [0.25, 0.3) is 0 Å². The van der Waals surface area contributed by atoms with Crippen LogP contribution in [-0.2, 0) is 11.2 Å². The molecular formula is C24H31N5O. The Morgan fingerprint density at radius 1 is 1.17 bits per heavy atom. The van der Waals surface area contributed by atoms with Crippen LogP contribution in [0.3, 0.4) is 0 Å². The first-order valence-electron chi connectivity index (χ1n) is 11.2. The maximum absolute atomic E-state index is 12.1. The Morgan fingerprint density at radius 2 is 1.97 bits per heavy atom. The fourth-order valence-corrected chi connectivity index (χ4v) is 4.96. The van der Waals surface area contributed by atoms with Gasteiger partial charge in [0.15, 0.2) is 0 Å². The van der Waals surface area contributed by atoms with Crippen molar-refractivity contribution in [1.29, 1.82) is 10.7 Å². The fraction of sp³-hybridized carbons (Fsp3) is 0.542. The summed E-state index contributed by atoms with van der Waals surface area (Å²) in [7, 11) is 0. The van der Waals surface area contributed by atoms with Gasteiger partial charge in [-0.15, -0.1) is 0 Å². The SMILES string of the molecule is CC(=O)N1CCC(NC2CCCCC2)=C(C(=N)N2CCCc3cc(C#N)ccc32)C1. The van der Waals surface area contributed by atoms with Crippen molar-refractivity contribution in [3.05, 3.63) is 40.6 Å². The van der Waals surface area contributed by atoms with Gasteiger partial charge in [0.25, 0.3) is 0 Å². The third-order valence-corrected chi connectivity index (χ3v) is 6.66. The van der Waals surface area contributed by atoms with Crippen LogP contribution in [-0.4, -0.2) is 42.3 Å². The standard InChI is InChI=1S/C24H31N5O/c1-17(30)28-13-11-22(27-20-7-3-2-4-8-20)21(16-28)24(26)29-12-5-6-19-14-18(15-25)9-10-23(19)29/h9-10,14,20,26-27H,2-8,11-13,16H2,1H3. The molecule has 1 amide bonds. The summed E-state index contributed by atoms with van der Waals surface area (Å²) in [6.07, 6.45) is 8.87. The van der Waals surface area contributed by atoms with E-state index >= 15 is 0 Å². The number of hydrogen-bond acceptors (Lipinski definition) is 4. The summed E-state index contributed by atoms with van der Waals surface area (Å²) in [5, 5.41) is 22.1. The molecule has 2 N–H and O–H groups in total. The second-order valence-electron chi connectivity index (χ2n) is 8.69. The smallest absolute Gasteiger partial charge is 0.219 e. The molecule has 0 unspecified atom stereocenters. The summed E-state index contributed by atoms with van der Waals surface area (Å²) in [5.74, 6) is 0.555. The van der Waals surface area contributed by atoms with Crippen molar-refractivity contribution in [3.63, 3.8) is 0 Å². The normalized spacial score (nSPS) is 19.9. The number of nitrogens with zero attached hydrogens (tertiary/aromatic N) is 3. The zero-order valence-corrected chi connectivity index (χ0v) is 17.8. The van der Waals surface area contributed by atoms with Crippen molar-refractivity contribution in [2.24, 2.45) is 0 Å². The van der Waals surface area contributed by atoms with Crippen LogP contribution >= 0.6 is 0 Å². The van der Waals surface area contributed by atoms with Gasteiger partial charge in [-0.1, -0.05) is 19.3 Å². The lowest BCUT2D eigenvalue weighted by molar-refractivity contribution is -0.128. The Morgan fingerprint density at radius 3 is 2.70 bits per heavy atom. The molecule has 1 aromatic carbocycles. The number of nitrogens with one attached hydrogen (secondary N) is 2. The molecule has 1 saturated carbocycles. The van der Waals surface area contributed by atoms with E-state index in [-0.39, 0.29) is 5.91 Å². The Labute approximate surface area is 179 Å². The highest BCUT2D eigenvalue weighted by Crippen LogP contribution is 2.31. The minimum absolute atomic E-state index is 0.0646. The summed E-state index contributed by atoms with van der Waals surface area (Å²) in [6, 6.07) is 8.46. The van der Waals surface area contributed by atoms with Gasteiger partial charge in [-0.3, -0.25) is 10.2 Å². The molecule has 0 bridgehead atoms. The van der Waals surface area contributed by atoms with E-state index in [2.05, 4.69) is 16.3 Å². The average Bonchev–Trinajstić information content (AvgIpc) is 2.78. The number of carbonyl (C=O) groups excluding carboxylic acids is 1. The number of rotatable bonds is 3. The number of fused-ring (bicyclic) bond motifs is 1. The van der Waals surface area contributed by atoms with Crippen molar-refractivity contribution in [3.8, 4) is 6.07 Å². The van der Waals surface area contributed by atoms with E-state index in [9.17, 15) is 10.1 Å². The van der Waals surface area contributed by atoms with Gasteiger partial charge in [0.2, 0.25) is 5.91 Å². The van der Waals surface area contributed by atoms with Crippen molar-refractivity contribution in [2.45, 2.75) is 64.3 Å². The predicted octanol–water partition coefficient (Wildman–Crippen LogP) is 3.72. The molecule has 6 nitrogen and oxygen atoms in total. The maximum Gasteiger partial charge on any atom is 0.219 e. The van der Waals surface area contributed by atoms with Gasteiger partial charge >= 0.3 is 0 Å². The highest BCUT2D eigenvalue weighted by molar-refractivity contribution is 6.09. The van der Waals surface area contributed by atoms with E-state index in [4.69, 9.17) is 5.41 Å². The molecule has 1 aromatic rings. The molecule has 0 radical (unpaired) electrons. The molecule has 6 heteroatoms. The Hall–Kier alpha value is -2.81. The molecule has 0 saturated heterocycles. The minimum Gasteiger partial charge on any atom is -0.385 e. The molecule has 2 heterocycles. The molecule has 1 fully saturated rings. The molecule has 0 atom stereocenters. The Kier molecular flexibility index (Phi) is 6.08. The summed E-state index contributed by atoms with van der Waals surface area (Å²) >= 11 is 0. The molecular weight excluding hydrogens is 374 g/mol. The highest BCUT2D eigenvalue weighted by atomic mass is 16.2. The van der Waals surface area contributed by atoms with Crippen LogP contribution in [0.4, 0.5) is 5.69 Å². The number of nitriles is 1. The monoisotopic (exact) mass is 405 g/mol. The molecule has 0 aromatic heterocycles. The van der Waals surface area contributed by atoms with E-state index in [0.717, 1.165) is 48.3 Å². The fourth-order valence-electron chi connectivity index (χ4n) is 4.96. The van der Waals surface area contributed by atoms with E-state index in [0.29, 0.717) is 30.5 Å². The lowest BCUT2D eigenvalue weighted by atomic mass is 9.93. The number of hydrogen-bond donors (Lipinski definition) is 2. The molecule has 1 aliphatic carbocycles. The van der Waals surface area contributed by atoms with Crippen molar-refractivity contribution in [1.82, 2.24) is 10.2 Å². The Balaban J connectivity index is 1.64. The summed E-state index contributed by atoms with van der Waals surface area (Å²) in [5.41, 5.74) is 4.91. The lowest BCUT2D eigenvalue weighted by Gasteiger charge is -2.38. The number of amides is 1. The highest BCUT2D eigenvalue weighted by Gasteiger charge is 2.30. The van der Waals surface area contributed by atoms with Crippen LogP contribution in [0.1, 0.15) is 63.0 Å². The number of aryl methyl sites for hydroxylation is 1. The first kappa shape index (κ1) is 20.5. The molecule has 2 aliphatic heterocycles. The van der Waals surface area contributed by atoms with Gasteiger partial charge in [0, 0.05) is 49.4 Å². The van der Waals surface area contributed by atoms with Crippen LogP contribution in [0.5, 0.6) is 0 Å². The number of benzene rings is 1. The zero-order valence-electron chi connectivity index (χ0n) is 17.8. The number of anilines is 1. The van der Waals surface area contributed by atoms with Crippen LogP contribution < -0.4 is 10.2 Å². The van der Waals surface area contributed by atoms with E-state index in [1.54, 1.807) is 6.92 Å². The third kappa shape index (κ3) is 4.21. The Bertz CT molecular complexity index is 907. The van der Waals surface area contributed by atoms with E-state index in [1.165, 1.54) is 32.1 Å². The van der Waals surface area contributed by atoms with Crippen LogP contribution in [0.2, 0.25) is 0 Å². The largest absolute Gasteiger partial charge is 0.385 e. The summed E-state index contributed by atoms with van der Waals surface area (Å²) in [6.45, 7) is 3.60. The minimum atomic E-state index is 0.0646. The first-order valence-corrected chi connectivity index (χ1v) is 11.2. The van der Waals surface area contributed by atoms with Gasteiger partial charge in [0.05, 0.1) is 18.2 Å². The topological polar surface area (TPSA) is 83.2 Å². The quantitative estimate of drug-likeness (QED) is 0.593. The van der Waals surface area contributed by atoms with Gasteiger partial charge in [-0.25, -0.2) is 0 Å². The van der Waals surface area contributed by atoms with Crippen LogP contribution in [0.15, 0.2) is 29.5 Å². The molecule has 158 valence electrons. The van der Waals surface area contributed by atoms with Gasteiger partial charge in [-0.2, -0.15) is 5.26 Å². The van der Waals surface area contributed by atoms with Crippen LogP contribution in [0, 0.1) is 16.7 Å². The number of carbonyl (C=O) groups is 1. The third-order valence-electron chi connectivity index (χ3n) is 6.66. The average molecular weight is 406 g/mol. The number of amidine groups is 1. The zero-order chi connectivity index (χ0) is 21.1. The molecule has 4 rings (SSSR count). The summed E-state index contributed by atoms with van der Waals surface area (Å²) < 4.78 is 0. The second-order valence-corrected chi connectivity index (χ2v) is 8.69. The van der Waals surface area contributed by atoms with Gasteiger partial charge < -0.3 is 15.1 Å². The second kappa shape index (κ2) is 8.91. The lowest BCUT2D eigenvalue weighted by Crippen LogP contribution is -2.46. The van der Waals surface area contributed by atoms with Gasteiger partial charge in [-0.05, 0) is 49.4 Å². The van der Waals surface area contributed by atoms with Crippen molar-refractivity contribution < 1.29 is 4.79 Å². The molecule has 3 aliphatic rings.